The fourth-order valence-corrected chi connectivity index (χ4v) is 4.59. The molecule has 190 valence electrons. The number of allylic oxidation sites excluding steroid dienone is 3. The number of rotatable bonds is 14. The molecule has 0 amide bonds. The van der Waals surface area contributed by atoms with Gasteiger partial charge in [0.1, 0.15) is 18.4 Å². The van der Waals surface area contributed by atoms with Crippen LogP contribution in [0.15, 0.2) is 24.3 Å². The first-order chi connectivity index (χ1) is 16.0. The van der Waals surface area contributed by atoms with E-state index in [1.54, 1.807) is 12.2 Å². The van der Waals surface area contributed by atoms with E-state index in [1.807, 2.05) is 13.0 Å². The van der Waals surface area contributed by atoms with Crippen molar-refractivity contribution in [3.05, 3.63) is 24.3 Å². The largest absolute Gasteiger partial charge is 0.469 e. The first-order valence-electron chi connectivity index (χ1n) is 12.6. The average molecular weight is 473 g/mol. The van der Waals surface area contributed by atoms with E-state index >= 15 is 0 Å². The lowest BCUT2D eigenvalue weighted by Gasteiger charge is -2.28. The Morgan fingerprint density at radius 3 is 2.70 bits per heavy atom. The number of hydrogen-bond acceptors (Lipinski definition) is 5. The topological polar surface area (TPSA) is 65.0 Å². The van der Waals surface area contributed by atoms with Gasteiger partial charge in [-0.2, -0.15) is 0 Å². The number of halogens is 2. The Balaban J connectivity index is 1.96. The van der Waals surface area contributed by atoms with Crippen molar-refractivity contribution in [3.63, 3.8) is 0 Å². The van der Waals surface area contributed by atoms with E-state index in [0.29, 0.717) is 45.1 Å². The summed E-state index contributed by atoms with van der Waals surface area (Å²) in [5, 5.41) is 10.4. The SMILES string of the molecule is CCCC[C@@H](F)[C@@H](/C=C/[C@H]1CC[C@H](O)[C@@H]1C(F)/C=C\CCCC(=O)OC)OC1CCCCO1. The van der Waals surface area contributed by atoms with Gasteiger partial charge in [-0.1, -0.05) is 44.1 Å². The second-order valence-corrected chi connectivity index (χ2v) is 9.17. The quantitative estimate of drug-likeness (QED) is 0.202. The number of aliphatic hydroxyl groups is 1. The molecule has 1 N–H and O–H groups in total. The van der Waals surface area contributed by atoms with Crippen LogP contribution >= 0.6 is 0 Å². The van der Waals surface area contributed by atoms with Gasteiger partial charge in [-0.05, 0) is 57.3 Å². The second-order valence-electron chi connectivity index (χ2n) is 9.17. The molecule has 2 rings (SSSR count). The number of alkyl halides is 2. The van der Waals surface area contributed by atoms with Crippen molar-refractivity contribution in [2.45, 2.75) is 108 Å². The van der Waals surface area contributed by atoms with E-state index < -0.39 is 36.8 Å². The molecule has 2 unspecified atom stereocenters. The average Bonchev–Trinajstić information content (AvgIpc) is 3.20. The molecule has 1 heterocycles. The molecule has 1 aliphatic carbocycles. The minimum absolute atomic E-state index is 0.188. The van der Waals surface area contributed by atoms with Crippen molar-refractivity contribution in [2.75, 3.05) is 13.7 Å². The van der Waals surface area contributed by atoms with Gasteiger partial charge in [-0.25, -0.2) is 8.78 Å². The predicted molar refractivity (Wildman–Crippen MR) is 124 cm³/mol. The molecule has 0 aromatic heterocycles. The Morgan fingerprint density at radius 2 is 2.00 bits per heavy atom. The Bertz CT molecular complexity index is 605. The van der Waals surface area contributed by atoms with E-state index in [2.05, 4.69) is 4.74 Å². The molecule has 0 aromatic carbocycles. The van der Waals surface area contributed by atoms with Crippen molar-refractivity contribution < 1.29 is 32.9 Å². The third-order valence-corrected chi connectivity index (χ3v) is 6.59. The van der Waals surface area contributed by atoms with E-state index in [4.69, 9.17) is 9.47 Å². The van der Waals surface area contributed by atoms with Crippen LogP contribution in [0.25, 0.3) is 0 Å². The number of hydrogen-bond donors (Lipinski definition) is 1. The molecular weight excluding hydrogens is 430 g/mol. The molecule has 7 atom stereocenters. The maximum atomic E-state index is 15.0. The summed E-state index contributed by atoms with van der Waals surface area (Å²) in [5.41, 5.74) is 0. The number of methoxy groups -OCH3 is 1. The Kier molecular flexibility index (Phi) is 13.2. The van der Waals surface area contributed by atoms with Crippen LogP contribution in [0.3, 0.4) is 0 Å². The number of esters is 1. The molecule has 1 saturated heterocycles. The molecule has 0 aromatic rings. The van der Waals surface area contributed by atoms with Crippen molar-refractivity contribution in [1.82, 2.24) is 0 Å². The van der Waals surface area contributed by atoms with Gasteiger partial charge >= 0.3 is 5.97 Å². The monoisotopic (exact) mass is 472 g/mol. The number of carbonyl (C=O) groups excluding carboxylic acids is 1. The van der Waals surface area contributed by atoms with Gasteiger partial charge in [-0.3, -0.25) is 4.79 Å². The third-order valence-electron chi connectivity index (χ3n) is 6.59. The summed E-state index contributed by atoms with van der Waals surface area (Å²) in [5.74, 6) is -1.04. The van der Waals surface area contributed by atoms with Crippen LogP contribution in [-0.4, -0.2) is 55.6 Å². The summed E-state index contributed by atoms with van der Waals surface area (Å²) in [6, 6.07) is 0. The van der Waals surface area contributed by atoms with E-state index in [-0.39, 0.29) is 11.9 Å². The molecule has 0 radical (unpaired) electrons. The summed E-state index contributed by atoms with van der Waals surface area (Å²) in [6.07, 6.45) is 9.88. The van der Waals surface area contributed by atoms with E-state index in [0.717, 1.165) is 32.1 Å². The molecular formula is C26H42F2O5. The zero-order valence-corrected chi connectivity index (χ0v) is 20.2. The Morgan fingerprint density at radius 1 is 1.18 bits per heavy atom. The van der Waals surface area contributed by atoms with Crippen LogP contribution in [0.1, 0.15) is 77.6 Å². The lowest BCUT2D eigenvalue weighted by atomic mass is 9.89. The predicted octanol–water partition coefficient (Wildman–Crippen LogP) is 5.61. The Labute approximate surface area is 197 Å². The molecule has 2 fully saturated rings. The summed E-state index contributed by atoms with van der Waals surface area (Å²) in [7, 11) is 1.34. The lowest BCUT2D eigenvalue weighted by Crippen LogP contribution is -2.33. The van der Waals surface area contributed by atoms with Gasteiger partial charge < -0.3 is 19.3 Å². The molecule has 7 heteroatoms. The maximum Gasteiger partial charge on any atom is 0.305 e. The number of unbranched alkanes of at least 4 members (excludes halogenated alkanes) is 2. The summed E-state index contributed by atoms with van der Waals surface area (Å²) >= 11 is 0. The van der Waals surface area contributed by atoms with Crippen LogP contribution in [-0.2, 0) is 19.0 Å². The minimum atomic E-state index is -1.31. The normalized spacial score (nSPS) is 28.9. The maximum absolute atomic E-state index is 15.0. The van der Waals surface area contributed by atoms with Crippen LogP contribution in [0.5, 0.6) is 0 Å². The summed E-state index contributed by atoms with van der Waals surface area (Å²) in [4.78, 5) is 11.2. The molecule has 1 aliphatic heterocycles. The fourth-order valence-electron chi connectivity index (χ4n) is 4.59. The zero-order chi connectivity index (χ0) is 24.1. The standard InChI is InChI=1S/C26H42F2O5/c1-3-4-10-20(27)23(33-25-13-8-9-18-32-25)17-15-19-14-16-22(29)26(19)21(28)11-6-5-7-12-24(30)31-2/h6,11,15,17,19-23,25-26,29H,3-5,7-10,12-14,16,18H2,1-2H3/b11-6-,17-15+/t19-,20-,21?,22+,23-,25?,26+/m1/s1. The van der Waals surface area contributed by atoms with Gasteiger partial charge in [0.2, 0.25) is 0 Å². The van der Waals surface area contributed by atoms with E-state index in [1.165, 1.54) is 13.2 Å². The fraction of sp³-hybridized carbons (Fsp3) is 0.808. The Hall–Kier alpha value is -1.31. The smallest absolute Gasteiger partial charge is 0.305 e. The summed E-state index contributed by atoms with van der Waals surface area (Å²) in [6.45, 7) is 2.65. The molecule has 5 nitrogen and oxygen atoms in total. The van der Waals surface area contributed by atoms with Gasteiger partial charge in [0, 0.05) is 18.9 Å². The van der Waals surface area contributed by atoms with Crippen LogP contribution < -0.4 is 0 Å². The molecule has 0 bridgehead atoms. The highest BCUT2D eigenvalue weighted by Crippen LogP contribution is 2.38. The minimum Gasteiger partial charge on any atom is -0.469 e. The molecule has 2 aliphatic rings. The number of carbonyl (C=O) groups is 1. The van der Waals surface area contributed by atoms with Crippen molar-refractivity contribution in [1.29, 1.82) is 0 Å². The van der Waals surface area contributed by atoms with Crippen molar-refractivity contribution in [3.8, 4) is 0 Å². The second kappa shape index (κ2) is 15.6. The number of aliphatic hydroxyl groups excluding tert-OH is 1. The molecule has 1 saturated carbocycles. The van der Waals surface area contributed by atoms with E-state index in [9.17, 15) is 18.7 Å². The van der Waals surface area contributed by atoms with Gasteiger partial charge in [0.05, 0.1) is 13.2 Å². The summed E-state index contributed by atoms with van der Waals surface area (Å²) < 4.78 is 46.1. The van der Waals surface area contributed by atoms with Crippen molar-refractivity contribution >= 4 is 5.97 Å². The highest BCUT2D eigenvalue weighted by atomic mass is 19.1. The van der Waals surface area contributed by atoms with Gasteiger partial charge in [0.25, 0.3) is 0 Å². The van der Waals surface area contributed by atoms with Crippen LogP contribution in [0, 0.1) is 11.8 Å². The van der Waals surface area contributed by atoms with Crippen LogP contribution in [0.2, 0.25) is 0 Å². The molecule has 33 heavy (non-hydrogen) atoms. The van der Waals surface area contributed by atoms with Crippen molar-refractivity contribution in [2.24, 2.45) is 11.8 Å². The number of ether oxygens (including phenoxy) is 3. The zero-order valence-electron chi connectivity index (χ0n) is 20.2. The molecule has 0 spiro atoms. The highest BCUT2D eigenvalue weighted by molar-refractivity contribution is 5.69. The first-order valence-corrected chi connectivity index (χ1v) is 12.6. The first kappa shape index (κ1) is 27.9. The van der Waals surface area contributed by atoms with Gasteiger partial charge in [-0.15, -0.1) is 0 Å². The van der Waals surface area contributed by atoms with Gasteiger partial charge in [0.15, 0.2) is 6.29 Å². The third kappa shape index (κ3) is 9.83. The highest BCUT2D eigenvalue weighted by Gasteiger charge is 2.38. The van der Waals surface area contributed by atoms with Crippen LogP contribution in [0.4, 0.5) is 8.78 Å². The lowest BCUT2D eigenvalue weighted by molar-refractivity contribution is -0.189.